The highest BCUT2D eigenvalue weighted by Crippen LogP contribution is 2.51. The van der Waals surface area contributed by atoms with Crippen molar-refractivity contribution in [3.63, 3.8) is 0 Å². The predicted octanol–water partition coefficient (Wildman–Crippen LogP) is 0.880. The van der Waals surface area contributed by atoms with E-state index in [2.05, 4.69) is 10.6 Å². The van der Waals surface area contributed by atoms with Gasteiger partial charge < -0.3 is 25.3 Å². The molecule has 27 heavy (non-hydrogen) atoms. The van der Waals surface area contributed by atoms with Crippen molar-refractivity contribution >= 4 is 47.3 Å². The first-order valence-corrected chi connectivity index (χ1v) is 10.2. The predicted molar refractivity (Wildman–Crippen MR) is 98.3 cm³/mol. The Bertz CT molecular complexity index is 817. The number of phenols is 1. The molecule has 2 bridgehead atoms. The van der Waals surface area contributed by atoms with E-state index in [9.17, 15) is 24.6 Å². The molecule has 144 valence electrons. The van der Waals surface area contributed by atoms with Gasteiger partial charge in [-0.2, -0.15) is 5.06 Å². The van der Waals surface area contributed by atoms with E-state index in [1.165, 1.54) is 46.6 Å². The molecule has 0 saturated carbocycles. The number of phenolic OH excluding ortho intramolecular Hbond substituents is 1. The maximum absolute atomic E-state index is 12.5. The maximum atomic E-state index is 12.5. The summed E-state index contributed by atoms with van der Waals surface area (Å²) in [4.78, 5) is 42.9. The highest BCUT2D eigenvalue weighted by molar-refractivity contribution is 8.20. The molecule has 10 nitrogen and oxygen atoms in total. The Morgan fingerprint density at radius 3 is 2.70 bits per heavy atom. The number of thioether (sulfide) groups is 2. The first-order chi connectivity index (χ1) is 12.9. The average Bonchev–Trinajstić information content (AvgIpc) is 3.32. The lowest BCUT2D eigenvalue weighted by atomic mass is 10.0. The van der Waals surface area contributed by atoms with Crippen LogP contribution in [0.25, 0.3) is 0 Å². The van der Waals surface area contributed by atoms with Gasteiger partial charge in [-0.1, -0.05) is 6.07 Å². The average molecular weight is 412 g/mol. The zero-order valence-electron chi connectivity index (χ0n) is 13.9. The highest BCUT2D eigenvalue weighted by atomic mass is 32.2. The van der Waals surface area contributed by atoms with Crippen LogP contribution in [0.4, 0.5) is 15.3 Å². The fourth-order valence-electron chi connectivity index (χ4n) is 3.25. The van der Waals surface area contributed by atoms with Gasteiger partial charge in [0.2, 0.25) is 5.66 Å². The molecule has 3 heterocycles. The fourth-order valence-corrected chi connectivity index (χ4v) is 6.23. The molecule has 3 aliphatic rings. The molecule has 0 aliphatic carbocycles. The summed E-state index contributed by atoms with van der Waals surface area (Å²) in [5, 5.41) is 26.0. The molecule has 2 fully saturated rings. The highest BCUT2D eigenvalue weighted by Gasteiger charge is 2.56. The number of aliphatic carboxylic acids is 1. The summed E-state index contributed by atoms with van der Waals surface area (Å²) < 4.78 is -0.317. The summed E-state index contributed by atoms with van der Waals surface area (Å²) in [5.41, 5.74) is -1.33. The van der Waals surface area contributed by atoms with E-state index in [1.807, 2.05) is 0 Å². The van der Waals surface area contributed by atoms with Crippen LogP contribution in [-0.4, -0.2) is 62.7 Å². The number of hydrogen-bond acceptors (Lipinski definition) is 8. The topological polar surface area (TPSA) is 131 Å². The summed E-state index contributed by atoms with van der Waals surface area (Å²) in [6.45, 7) is 0.491. The smallest absolute Gasteiger partial charge is 0.434 e. The van der Waals surface area contributed by atoms with Gasteiger partial charge in [0, 0.05) is 23.6 Å². The molecule has 3 aliphatic heterocycles. The minimum Gasteiger partial charge on any atom is -0.506 e. The molecule has 3 amide bonds. The quantitative estimate of drug-likeness (QED) is 0.569. The van der Waals surface area contributed by atoms with E-state index in [0.29, 0.717) is 17.8 Å². The molecule has 1 aromatic carbocycles. The third-order valence-corrected chi connectivity index (χ3v) is 7.38. The van der Waals surface area contributed by atoms with Crippen LogP contribution in [0.15, 0.2) is 18.2 Å². The molecule has 4 rings (SSSR count). The molecule has 0 spiro atoms. The molecule has 12 heteroatoms. The zero-order chi connectivity index (χ0) is 19.2. The van der Waals surface area contributed by atoms with Gasteiger partial charge >= 0.3 is 18.1 Å². The van der Waals surface area contributed by atoms with Crippen molar-refractivity contribution < 1.29 is 29.4 Å². The van der Waals surface area contributed by atoms with Gasteiger partial charge in [-0.15, -0.1) is 23.5 Å². The van der Waals surface area contributed by atoms with E-state index in [0.717, 1.165) is 16.6 Å². The Hall–Kier alpha value is -2.47. The number of carbonyl (C=O) groups excluding carboxylic acids is 2. The van der Waals surface area contributed by atoms with Gasteiger partial charge in [-0.3, -0.25) is 5.32 Å². The van der Waals surface area contributed by atoms with Gasteiger partial charge in [0.1, 0.15) is 10.5 Å². The largest absolute Gasteiger partial charge is 0.506 e. The lowest BCUT2D eigenvalue weighted by Crippen LogP contribution is -2.63. The molecule has 1 atom stereocenters. The number of rotatable bonds is 4. The van der Waals surface area contributed by atoms with Gasteiger partial charge in [-0.25, -0.2) is 14.4 Å². The van der Waals surface area contributed by atoms with E-state index in [4.69, 9.17) is 4.84 Å². The third kappa shape index (κ3) is 2.79. The van der Waals surface area contributed by atoms with E-state index in [-0.39, 0.29) is 17.0 Å². The minimum atomic E-state index is -1.95. The normalized spacial score (nSPS) is 24.2. The second kappa shape index (κ2) is 6.60. The van der Waals surface area contributed by atoms with Gasteiger partial charge in [0.05, 0.1) is 12.2 Å². The third-order valence-electron chi connectivity index (χ3n) is 4.43. The zero-order valence-corrected chi connectivity index (χ0v) is 15.5. The number of fused-ring (bicyclic) bond motifs is 2. The van der Waals surface area contributed by atoms with E-state index >= 15 is 0 Å². The summed E-state index contributed by atoms with van der Waals surface area (Å²) in [5.74, 6) is 0.232. The Morgan fingerprint density at radius 2 is 2.07 bits per heavy atom. The molecule has 1 unspecified atom stereocenters. The number of carbonyl (C=O) groups is 3. The molecular weight excluding hydrogens is 396 g/mol. The van der Waals surface area contributed by atoms with Crippen molar-refractivity contribution in [3.05, 3.63) is 23.8 Å². The summed E-state index contributed by atoms with van der Waals surface area (Å²) in [6.07, 6.45) is -1.07. The monoisotopic (exact) mass is 412 g/mol. The van der Waals surface area contributed by atoms with Gasteiger partial charge in [0.25, 0.3) is 0 Å². The molecule has 0 radical (unpaired) electrons. The molecule has 4 N–H and O–H groups in total. The first kappa shape index (κ1) is 17.9. The first-order valence-electron chi connectivity index (χ1n) is 8.08. The number of hydroxylamine groups is 2. The van der Waals surface area contributed by atoms with Gasteiger partial charge in [-0.05, 0) is 12.1 Å². The Kier molecular flexibility index (Phi) is 4.38. The Balaban J connectivity index is 1.67. The standard InChI is InChI=1S/C15H16N4O6S2/c20-10-2-1-8-7-9(10)19(14-26-5-6-27-14)15(8,11(21)22)17-13(24)25-18-4-3-16-12(18)23/h1-2,7,14,20H,3-6H2,(H,16,23)(H,17,24)(H,21,22). The number of aromatic hydroxyl groups is 1. The number of carboxylic acid groups (broad SMARTS) is 1. The van der Waals surface area contributed by atoms with Crippen LogP contribution in [0.2, 0.25) is 0 Å². The summed E-state index contributed by atoms with van der Waals surface area (Å²) in [7, 11) is 0. The number of anilines is 1. The van der Waals surface area contributed by atoms with Crippen LogP contribution < -0.4 is 15.5 Å². The lowest BCUT2D eigenvalue weighted by Gasteiger charge is -2.40. The lowest BCUT2D eigenvalue weighted by molar-refractivity contribution is -0.145. The SMILES string of the molecule is O=C(NC1(C(=O)O)c2ccc(O)c(c2)N1C1SCCS1)ON1CCNC1=O. The van der Waals surface area contributed by atoms with Crippen LogP contribution in [-0.2, 0) is 15.3 Å². The molecular formula is C15H16N4O6S2. The van der Waals surface area contributed by atoms with Crippen LogP contribution >= 0.6 is 23.5 Å². The fraction of sp³-hybridized carbons (Fsp3) is 0.400. The Labute approximate surface area is 162 Å². The van der Waals surface area contributed by atoms with Crippen LogP contribution in [0, 0.1) is 0 Å². The van der Waals surface area contributed by atoms with Crippen molar-refractivity contribution in [2.75, 3.05) is 29.5 Å². The van der Waals surface area contributed by atoms with E-state index < -0.39 is 23.8 Å². The van der Waals surface area contributed by atoms with Crippen LogP contribution in [0.3, 0.4) is 0 Å². The number of carboxylic acids is 1. The van der Waals surface area contributed by atoms with Crippen LogP contribution in [0.5, 0.6) is 5.75 Å². The number of nitrogens with one attached hydrogen (secondary N) is 2. The molecule has 1 aromatic rings. The summed E-state index contributed by atoms with van der Waals surface area (Å²) in [6, 6.07) is 3.80. The minimum absolute atomic E-state index is 0.0796. The number of benzene rings is 1. The van der Waals surface area contributed by atoms with Crippen molar-refractivity contribution in [2.45, 2.75) is 10.4 Å². The van der Waals surface area contributed by atoms with Crippen molar-refractivity contribution in [1.82, 2.24) is 15.7 Å². The number of hydrogen-bond donors (Lipinski definition) is 4. The number of urea groups is 1. The Morgan fingerprint density at radius 1 is 1.33 bits per heavy atom. The second-order valence-corrected chi connectivity index (χ2v) is 8.65. The maximum Gasteiger partial charge on any atom is 0.434 e. The second-order valence-electron chi connectivity index (χ2n) is 5.98. The number of amides is 3. The van der Waals surface area contributed by atoms with Gasteiger partial charge in [0.15, 0.2) is 0 Å². The van der Waals surface area contributed by atoms with Crippen molar-refractivity contribution in [1.29, 1.82) is 0 Å². The van der Waals surface area contributed by atoms with Crippen molar-refractivity contribution in [3.8, 4) is 5.75 Å². The molecule has 2 saturated heterocycles. The molecule has 0 aromatic heterocycles. The summed E-state index contributed by atoms with van der Waals surface area (Å²) >= 11 is 3.05. The number of nitrogens with zero attached hydrogens (tertiary/aromatic N) is 2. The van der Waals surface area contributed by atoms with Crippen LogP contribution in [0.1, 0.15) is 5.56 Å². The van der Waals surface area contributed by atoms with E-state index in [1.54, 1.807) is 0 Å². The van der Waals surface area contributed by atoms with Crippen molar-refractivity contribution in [2.24, 2.45) is 0 Å².